The SMILES string of the molecule is Cc1cc(Br)ccc1OCC(=O)NNC(=S)NC(=O)c1cc(Br)ccc1OC(C)C. The minimum Gasteiger partial charge on any atom is -0.490 e. The molecule has 0 aliphatic carbocycles. The number of carbonyl (C=O) groups excluding carboxylic acids is 2. The van der Waals surface area contributed by atoms with Crippen molar-refractivity contribution in [1.29, 1.82) is 0 Å². The highest BCUT2D eigenvalue weighted by molar-refractivity contribution is 9.10. The lowest BCUT2D eigenvalue weighted by Crippen LogP contribution is -2.49. The molecule has 3 N–H and O–H groups in total. The van der Waals surface area contributed by atoms with E-state index in [9.17, 15) is 9.59 Å². The van der Waals surface area contributed by atoms with E-state index in [1.54, 1.807) is 24.3 Å². The van der Waals surface area contributed by atoms with Gasteiger partial charge in [0, 0.05) is 8.95 Å². The maximum atomic E-state index is 12.5. The van der Waals surface area contributed by atoms with Crippen LogP contribution in [0.15, 0.2) is 45.3 Å². The normalized spacial score (nSPS) is 10.3. The zero-order valence-corrected chi connectivity index (χ0v) is 20.5. The summed E-state index contributed by atoms with van der Waals surface area (Å²) in [6.07, 6.45) is -0.101. The molecule has 0 atom stereocenters. The molecular weight excluding hydrogens is 538 g/mol. The Balaban J connectivity index is 1.86. The molecule has 2 aromatic carbocycles. The summed E-state index contributed by atoms with van der Waals surface area (Å²) in [7, 11) is 0. The highest BCUT2D eigenvalue weighted by atomic mass is 79.9. The van der Waals surface area contributed by atoms with Gasteiger partial charge in [0.1, 0.15) is 11.5 Å². The van der Waals surface area contributed by atoms with Gasteiger partial charge in [-0.25, -0.2) is 0 Å². The van der Waals surface area contributed by atoms with Crippen LogP contribution in [0.4, 0.5) is 0 Å². The molecule has 0 bridgehead atoms. The molecular formula is C20H21Br2N3O4S. The summed E-state index contributed by atoms with van der Waals surface area (Å²) >= 11 is 11.8. The van der Waals surface area contributed by atoms with Crippen molar-refractivity contribution >= 4 is 61.0 Å². The van der Waals surface area contributed by atoms with E-state index >= 15 is 0 Å². The predicted octanol–water partition coefficient (Wildman–Crippen LogP) is 4.02. The summed E-state index contributed by atoms with van der Waals surface area (Å²) in [5.41, 5.74) is 6.05. The fourth-order valence-electron chi connectivity index (χ4n) is 2.32. The molecule has 0 saturated carbocycles. The number of hydrogen-bond donors (Lipinski definition) is 3. The van der Waals surface area contributed by atoms with Crippen molar-refractivity contribution in [1.82, 2.24) is 16.2 Å². The van der Waals surface area contributed by atoms with Crippen LogP contribution in [0, 0.1) is 6.92 Å². The molecule has 0 aliphatic heterocycles. The van der Waals surface area contributed by atoms with Crippen LogP contribution in [0.25, 0.3) is 0 Å². The standard InChI is InChI=1S/C20H21Br2N3O4S/c1-11(2)29-17-7-5-14(22)9-15(17)19(27)23-20(30)25-24-18(26)10-28-16-6-4-13(21)8-12(16)3/h4-9,11H,10H2,1-3H3,(H,24,26)(H2,23,25,27,30). The Morgan fingerprint density at radius 2 is 1.67 bits per heavy atom. The van der Waals surface area contributed by atoms with Gasteiger partial charge in [0.15, 0.2) is 11.7 Å². The molecule has 30 heavy (non-hydrogen) atoms. The van der Waals surface area contributed by atoms with Gasteiger partial charge in [0.05, 0.1) is 11.7 Å². The average molecular weight is 559 g/mol. The quantitative estimate of drug-likeness (QED) is 0.366. The lowest BCUT2D eigenvalue weighted by Gasteiger charge is -2.15. The van der Waals surface area contributed by atoms with Gasteiger partial charge >= 0.3 is 0 Å². The van der Waals surface area contributed by atoms with Crippen LogP contribution in [0.5, 0.6) is 11.5 Å². The first-order valence-corrected chi connectivity index (χ1v) is 10.9. The third-order valence-electron chi connectivity index (χ3n) is 3.59. The molecule has 0 aromatic heterocycles. The minimum atomic E-state index is -0.472. The monoisotopic (exact) mass is 557 g/mol. The van der Waals surface area contributed by atoms with Crippen LogP contribution in [0.3, 0.4) is 0 Å². The van der Waals surface area contributed by atoms with Gasteiger partial charge < -0.3 is 9.47 Å². The summed E-state index contributed by atoms with van der Waals surface area (Å²) < 4.78 is 12.8. The molecule has 2 rings (SSSR count). The Bertz CT molecular complexity index is 954. The van der Waals surface area contributed by atoms with Crippen LogP contribution < -0.4 is 25.6 Å². The largest absolute Gasteiger partial charge is 0.490 e. The van der Waals surface area contributed by atoms with Crippen molar-refractivity contribution in [2.75, 3.05) is 6.61 Å². The molecule has 0 aliphatic rings. The van der Waals surface area contributed by atoms with Gasteiger partial charge in [0.25, 0.3) is 11.8 Å². The summed E-state index contributed by atoms with van der Waals surface area (Å²) in [5.74, 6) is 0.0907. The summed E-state index contributed by atoms with van der Waals surface area (Å²) in [5, 5.41) is 2.44. The first-order valence-electron chi connectivity index (χ1n) is 8.91. The molecule has 0 radical (unpaired) electrons. The van der Waals surface area contributed by atoms with E-state index in [1.165, 1.54) is 0 Å². The van der Waals surface area contributed by atoms with Crippen LogP contribution >= 0.6 is 44.1 Å². The van der Waals surface area contributed by atoms with Crippen molar-refractivity contribution < 1.29 is 19.1 Å². The van der Waals surface area contributed by atoms with E-state index in [0.717, 1.165) is 14.5 Å². The molecule has 0 heterocycles. The maximum absolute atomic E-state index is 12.5. The summed E-state index contributed by atoms with van der Waals surface area (Å²) in [6, 6.07) is 10.6. The summed E-state index contributed by atoms with van der Waals surface area (Å²) in [6.45, 7) is 5.39. The zero-order valence-electron chi connectivity index (χ0n) is 16.5. The van der Waals surface area contributed by atoms with Crippen LogP contribution in [0.1, 0.15) is 29.8 Å². The number of ether oxygens (including phenoxy) is 2. The molecule has 0 fully saturated rings. The number of benzene rings is 2. The highest BCUT2D eigenvalue weighted by Gasteiger charge is 2.16. The van der Waals surface area contributed by atoms with Crippen LogP contribution in [-0.4, -0.2) is 29.6 Å². The number of rotatable bonds is 6. The molecule has 10 heteroatoms. The lowest BCUT2D eigenvalue weighted by molar-refractivity contribution is -0.123. The smallest absolute Gasteiger partial charge is 0.276 e. The highest BCUT2D eigenvalue weighted by Crippen LogP contribution is 2.24. The van der Waals surface area contributed by atoms with Gasteiger partial charge in [-0.3, -0.25) is 25.8 Å². The molecule has 2 aromatic rings. The number of amides is 2. The Morgan fingerprint density at radius 3 is 2.30 bits per heavy atom. The second-order valence-electron chi connectivity index (χ2n) is 6.46. The molecule has 160 valence electrons. The molecule has 0 unspecified atom stereocenters. The average Bonchev–Trinajstić information content (AvgIpc) is 2.66. The Hall–Kier alpha value is -2.17. The number of thiocarbonyl (C=S) groups is 1. The van der Waals surface area contributed by atoms with Gasteiger partial charge in [-0.1, -0.05) is 31.9 Å². The lowest BCUT2D eigenvalue weighted by atomic mass is 10.2. The Labute approximate surface area is 197 Å². The number of hydrazine groups is 1. The van der Waals surface area contributed by atoms with Gasteiger partial charge in [-0.2, -0.15) is 0 Å². The van der Waals surface area contributed by atoms with Crippen molar-refractivity contribution in [2.24, 2.45) is 0 Å². The number of hydrogen-bond acceptors (Lipinski definition) is 5. The maximum Gasteiger partial charge on any atom is 0.276 e. The number of carbonyl (C=O) groups is 2. The molecule has 0 spiro atoms. The first kappa shape index (κ1) is 24.1. The third-order valence-corrected chi connectivity index (χ3v) is 4.78. The van der Waals surface area contributed by atoms with Gasteiger partial charge in [0.2, 0.25) is 0 Å². The third kappa shape index (κ3) is 7.58. The fraction of sp³-hybridized carbons (Fsp3) is 0.250. The number of aryl methyl sites for hydroxylation is 1. The second kappa shape index (κ2) is 11.3. The molecule has 2 amide bonds. The van der Waals surface area contributed by atoms with E-state index in [2.05, 4.69) is 48.0 Å². The fourth-order valence-corrected chi connectivity index (χ4v) is 3.30. The van der Waals surface area contributed by atoms with Crippen LogP contribution in [0.2, 0.25) is 0 Å². The second-order valence-corrected chi connectivity index (χ2v) is 8.70. The van der Waals surface area contributed by atoms with Crippen molar-refractivity contribution in [2.45, 2.75) is 26.9 Å². The van der Waals surface area contributed by atoms with E-state index in [4.69, 9.17) is 21.7 Å². The van der Waals surface area contributed by atoms with E-state index in [1.807, 2.05) is 32.9 Å². The zero-order chi connectivity index (χ0) is 22.3. The minimum absolute atomic E-state index is 0.0661. The summed E-state index contributed by atoms with van der Waals surface area (Å²) in [4.78, 5) is 24.5. The van der Waals surface area contributed by atoms with Gasteiger partial charge in [-0.05, 0) is 75.0 Å². The Kier molecular flexibility index (Phi) is 9.07. The molecule has 0 saturated heterocycles. The van der Waals surface area contributed by atoms with E-state index in [0.29, 0.717) is 17.1 Å². The first-order chi connectivity index (χ1) is 14.2. The molecule has 7 nitrogen and oxygen atoms in total. The predicted molar refractivity (Wildman–Crippen MR) is 126 cm³/mol. The van der Waals surface area contributed by atoms with Crippen molar-refractivity contribution in [3.05, 3.63) is 56.5 Å². The topological polar surface area (TPSA) is 88.7 Å². The van der Waals surface area contributed by atoms with Gasteiger partial charge in [-0.15, -0.1) is 0 Å². The van der Waals surface area contributed by atoms with E-state index in [-0.39, 0.29) is 17.8 Å². The van der Waals surface area contributed by atoms with E-state index < -0.39 is 11.8 Å². The number of halogens is 2. The van der Waals surface area contributed by atoms with Crippen LogP contribution in [-0.2, 0) is 4.79 Å². The van der Waals surface area contributed by atoms with Crippen molar-refractivity contribution in [3.8, 4) is 11.5 Å². The number of nitrogens with one attached hydrogen (secondary N) is 3. The Morgan fingerprint density at radius 1 is 1.03 bits per heavy atom. The van der Waals surface area contributed by atoms with Crippen molar-refractivity contribution in [3.63, 3.8) is 0 Å².